The zero-order valence-electron chi connectivity index (χ0n) is 11.7. The van der Waals surface area contributed by atoms with Crippen LogP contribution in [0.1, 0.15) is 37.4 Å². The Morgan fingerprint density at radius 1 is 1.35 bits per heavy atom. The lowest BCUT2D eigenvalue weighted by Crippen LogP contribution is -2.50. The number of halogens is 1. The van der Waals surface area contributed by atoms with Crippen molar-refractivity contribution in [3.8, 4) is 0 Å². The maximum Gasteiger partial charge on any atom is 0.223 e. The van der Waals surface area contributed by atoms with Crippen molar-refractivity contribution < 1.29 is 9.32 Å². The molecule has 2 aliphatic heterocycles. The molecular formula is C13H21ClN4O2. The van der Waals surface area contributed by atoms with Crippen LogP contribution in [-0.2, 0) is 11.3 Å². The topological polar surface area (TPSA) is 71.3 Å². The molecular weight excluding hydrogens is 280 g/mol. The normalized spacial score (nSPS) is 21.9. The molecule has 2 fully saturated rings. The molecule has 0 aliphatic carbocycles. The number of piperidine rings is 2. The van der Waals surface area contributed by atoms with Gasteiger partial charge in [0.15, 0.2) is 5.82 Å². The van der Waals surface area contributed by atoms with Crippen molar-refractivity contribution in [3.63, 3.8) is 0 Å². The first-order valence-corrected chi connectivity index (χ1v) is 6.95. The third-order valence-electron chi connectivity index (χ3n) is 4.31. The van der Waals surface area contributed by atoms with Gasteiger partial charge >= 0.3 is 0 Å². The van der Waals surface area contributed by atoms with Gasteiger partial charge in [0.2, 0.25) is 11.8 Å². The summed E-state index contributed by atoms with van der Waals surface area (Å²) < 4.78 is 4.97. The van der Waals surface area contributed by atoms with Gasteiger partial charge in [-0.15, -0.1) is 12.4 Å². The number of hydrogen-bond donors (Lipinski definition) is 1. The van der Waals surface area contributed by atoms with Crippen molar-refractivity contribution >= 4 is 18.3 Å². The summed E-state index contributed by atoms with van der Waals surface area (Å²) in [6.07, 6.45) is 3.98. The zero-order chi connectivity index (χ0) is 13.3. The predicted molar refractivity (Wildman–Crippen MR) is 75.5 cm³/mol. The maximum atomic E-state index is 12.1. The Labute approximate surface area is 124 Å². The van der Waals surface area contributed by atoms with E-state index in [4.69, 9.17) is 4.52 Å². The number of likely N-dealkylation sites (tertiary alicyclic amines) is 1. The van der Waals surface area contributed by atoms with E-state index in [0.29, 0.717) is 30.1 Å². The second-order valence-corrected chi connectivity index (χ2v) is 5.73. The third-order valence-corrected chi connectivity index (χ3v) is 4.31. The molecule has 0 radical (unpaired) electrons. The number of nitrogens with zero attached hydrogens (tertiary/aromatic N) is 3. The first kappa shape index (κ1) is 15.3. The van der Waals surface area contributed by atoms with Crippen molar-refractivity contribution in [2.24, 2.45) is 5.41 Å². The molecule has 1 aromatic heterocycles. The van der Waals surface area contributed by atoms with Crippen molar-refractivity contribution in [1.29, 1.82) is 0 Å². The number of amides is 1. The second kappa shape index (κ2) is 6.10. The van der Waals surface area contributed by atoms with Crippen LogP contribution in [0, 0.1) is 12.3 Å². The van der Waals surface area contributed by atoms with Crippen LogP contribution in [0.2, 0.25) is 0 Å². The number of carbonyl (C=O) groups excluding carboxylic acids is 1. The summed E-state index contributed by atoms with van der Waals surface area (Å²) in [5, 5.41) is 7.28. The summed E-state index contributed by atoms with van der Waals surface area (Å²) in [6.45, 7) is 5.20. The number of rotatable bonds is 2. The van der Waals surface area contributed by atoms with E-state index < -0.39 is 0 Å². The van der Waals surface area contributed by atoms with Crippen LogP contribution >= 0.6 is 12.4 Å². The molecule has 3 rings (SSSR count). The number of carbonyl (C=O) groups is 1. The van der Waals surface area contributed by atoms with Crippen molar-refractivity contribution in [2.75, 3.05) is 19.6 Å². The molecule has 0 saturated carbocycles. The van der Waals surface area contributed by atoms with Gasteiger partial charge in [-0.25, -0.2) is 0 Å². The van der Waals surface area contributed by atoms with E-state index in [1.165, 1.54) is 0 Å². The van der Waals surface area contributed by atoms with Gasteiger partial charge in [0.1, 0.15) is 0 Å². The Morgan fingerprint density at radius 3 is 2.75 bits per heavy atom. The van der Waals surface area contributed by atoms with Crippen LogP contribution in [0.25, 0.3) is 0 Å². The fourth-order valence-electron chi connectivity index (χ4n) is 3.19. The number of aryl methyl sites for hydroxylation is 1. The van der Waals surface area contributed by atoms with E-state index in [-0.39, 0.29) is 18.3 Å². The fourth-order valence-corrected chi connectivity index (χ4v) is 3.19. The number of nitrogens with one attached hydrogen (secondary N) is 1. The van der Waals surface area contributed by atoms with E-state index in [1.54, 1.807) is 6.92 Å². The first-order chi connectivity index (χ1) is 9.17. The van der Waals surface area contributed by atoms with E-state index in [9.17, 15) is 4.79 Å². The highest BCUT2D eigenvalue weighted by molar-refractivity contribution is 5.85. The Morgan fingerprint density at radius 2 is 2.10 bits per heavy atom. The molecule has 0 unspecified atom stereocenters. The van der Waals surface area contributed by atoms with Crippen molar-refractivity contribution in [1.82, 2.24) is 20.4 Å². The molecule has 1 N–H and O–H groups in total. The van der Waals surface area contributed by atoms with Crippen LogP contribution in [-0.4, -0.2) is 40.6 Å². The smallest absolute Gasteiger partial charge is 0.223 e. The van der Waals surface area contributed by atoms with E-state index in [0.717, 1.165) is 38.9 Å². The first-order valence-electron chi connectivity index (χ1n) is 6.95. The van der Waals surface area contributed by atoms with E-state index in [2.05, 4.69) is 15.5 Å². The Balaban J connectivity index is 0.00000147. The minimum Gasteiger partial charge on any atom is -0.340 e. The highest BCUT2D eigenvalue weighted by Gasteiger charge is 2.39. The fraction of sp³-hybridized carbons (Fsp3) is 0.769. The summed E-state index contributed by atoms with van der Waals surface area (Å²) in [6, 6.07) is 0. The molecule has 1 spiro atoms. The number of aromatic nitrogens is 2. The molecule has 1 aromatic rings. The molecule has 1 amide bonds. The number of hydrogen-bond acceptors (Lipinski definition) is 5. The SMILES string of the molecule is Cc1nc(CN2CC3(CCNCC3)CCC2=O)no1.Cl. The molecule has 0 bridgehead atoms. The molecule has 20 heavy (non-hydrogen) atoms. The zero-order valence-corrected chi connectivity index (χ0v) is 12.5. The van der Waals surface area contributed by atoms with Crippen LogP contribution in [0.5, 0.6) is 0 Å². The predicted octanol–water partition coefficient (Wildman–Crippen LogP) is 1.29. The van der Waals surface area contributed by atoms with E-state index in [1.807, 2.05) is 4.90 Å². The van der Waals surface area contributed by atoms with Crippen LogP contribution < -0.4 is 5.32 Å². The van der Waals surface area contributed by atoms with Gasteiger partial charge in [0.05, 0.1) is 6.54 Å². The maximum absolute atomic E-state index is 12.1. The summed E-state index contributed by atoms with van der Waals surface area (Å²) >= 11 is 0. The average Bonchev–Trinajstić information content (AvgIpc) is 2.81. The van der Waals surface area contributed by atoms with Crippen LogP contribution in [0.3, 0.4) is 0 Å². The minimum atomic E-state index is 0. The lowest BCUT2D eigenvalue weighted by Gasteiger charge is -2.44. The Hall–Kier alpha value is -1.14. The Bertz CT molecular complexity index is 471. The highest BCUT2D eigenvalue weighted by Crippen LogP contribution is 2.38. The van der Waals surface area contributed by atoms with Crippen molar-refractivity contribution in [3.05, 3.63) is 11.7 Å². The van der Waals surface area contributed by atoms with Gasteiger partial charge in [-0.3, -0.25) is 4.79 Å². The Kier molecular flexibility index (Phi) is 4.65. The van der Waals surface area contributed by atoms with Gasteiger partial charge < -0.3 is 14.7 Å². The van der Waals surface area contributed by atoms with Gasteiger partial charge in [-0.05, 0) is 37.8 Å². The summed E-state index contributed by atoms with van der Waals surface area (Å²) in [5.74, 6) is 1.37. The largest absolute Gasteiger partial charge is 0.340 e. The quantitative estimate of drug-likeness (QED) is 0.891. The monoisotopic (exact) mass is 300 g/mol. The minimum absolute atomic E-state index is 0. The van der Waals surface area contributed by atoms with Gasteiger partial charge in [0.25, 0.3) is 0 Å². The van der Waals surface area contributed by atoms with Gasteiger partial charge in [-0.2, -0.15) is 4.98 Å². The molecule has 3 heterocycles. The molecule has 112 valence electrons. The van der Waals surface area contributed by atoms with Crippen LogP contribution in [0.4, 0.5) is 0 Å². The average molecular weight is 301 g/mol. The molecule has 2 saturated heterocycles. The summed E-state index contributed by atoms with van der Waals surface area (Å²) in [7, 11) is 0. The standard InChI is InChI=1S/C13H20N4O2.ClH/c1-10-15-11(16-19-10)8-17-9-13(3-2-12(17)18)4-6-14-7-5-13;/h14H,2-9H2,1H3;1H. The van der Waals surface area contributed by atoms with Gasteiger partial charge in [-0.1, -0.05) is 5.16 Å². The lowest BCUT2D eigenvalue weighted by atomic mass is 9.73. The molecule has 0 atom stereocenters. The van der Waals surface area contributed by atoms with Crippen molar-refractivity contribution in [2.45, 2.75) is 39.2 Å². The molecule has 2 aliphatic rings. The second-order valence-electron chi connectivity index (χ2n) is 5.73. The highest BCUT2D eigenvalue weighted by atomic mass is 35.5. The summed E-state index contributed by atoms with van der Waals surface area (Å²) in [4.78, 5) is 18.1. The molecule has 6 nitrogen and oxygen atoms in total. The lowest BCUT2D eigenvalue weighted by molar-refractivity contribution is -0.139. The molecule has 0 aromatic carbocycles. The van der Waals surface area contributed by atoms with Crippen LogP contribution in [0.15, 0.2) is 4.52 Å². The van der Waals surface area contributed by atoms with Gasteiger partial charge in [0, 0.05) is 19.9 Å². The third kappa shape index (κ3) is 3.12. The summed E-state index contributed by atoms with van der Waals surface area (Å²) in [5.41, 5.74) is 0.304. The van der Waals surface area contributed by atoms with E-state index >= 15 is 0 Å². The molecule has 7 heteroatoms.